The summed E-state index contributed by atoms with van der Waals surface area (Å²) in [6.45, 7) is 0. The molecule has 0 spiro atoms. The molecule has 0 aliphatic carbocycles. The van der Waals surface area contributed by atoms with Gasteiger partial charge in [-0.15, -0.1) is 11.3 Å². The largest absolute Gasteiger partial charge is 0.311 e. The van der Waals surface area contributed by atoms with Crippen molar-refractivity contribution in [3.05, 3.63) is 212 Å². The summed E-state index contributed by atoms with van der Waals surface area (Å²) in [5.41, 5.74) is 10.7. The highest BCUT2D eigenvalue weighted by atomic mass is 32.1. The second kappa shape index (κ2) is 13.4. The van der Waals surface area contributed by atoms with Crippen LogP contribution in [0.2, 0.25) is 0 Å². The number of hydrogen-bond acceptors (Lipinski definition) is 2. The SMILES string of the molecule is c1ccc2c(-c3ccc(N(c4ccc(-c5cc6ccccc6c6ccccc56)cc4)c4ccc(-c5cccc6c5sc5ccccc56)cc4)cc3)cccc2c1. The van der Waals surface area contributed by atoms with Crippen LogP contribution in [0, 0.1) is 0 Å². The number of benzene rings is 10. The lowest BCUT2D eigenvalue weighted by Gasteiger charge is -2.26. The Balaban J connectivity index is 1.02. The summed E-state index contributed by atoms with van der Waals surface area (Å²) in [5, 5.41) is 10.2. The third-order valence-corrected chi connectivity index (χ3v) is 12.5. The average Bonchev–Trinajstić information content (AvgIpc) is 3.66. The second-order valence-corrected chi connectivity index (χ2v) is 15.5. The van der Waals surface area contributed by atoms with Crippen molar-refractivity contribution in [3.8, 4) is 33.4 Å². The summed E-state index contributed by atoms with van der Waals surface area (Å²) in [5.74, 6) is 0. The molecule has 0 amide bonds. The fourth-order valence-electron chi connectivity index (χ4n) is 8.56. The first-order valence-electron chi connectivity index (χ1n) is 19.2. The summed E-state index contributed by atoms with van der Waals surface area (Å²) in [7, 11) is 0. The molecule has 262 valence electrons. The predicted octanol–water partition coefficient (Wildman–Crippen LogP) is 16.0. The molecule has 1 heterocycles. The molecule has 0 atom stereocenters. The van der Waals surface area contributed by atoms with Crippen molar-refractivity contribution in [1.29, 1.82) is 0 Å². The van der Waals surface area contributed by atoms with E-state index in [2.05, 4.69) is 217 Å². The summed E-state index contributed by atoms with van der Waals surface area (Å²) in [6.07, 6.45) is 0. The molecule has 0 saturated carbocycles. The van der Waals surface area contributed by atoms with E-state index >= 15 is 0 Å². The van der Waals surface area contributed by atoms with Crippen molar-refractivity contribution in [2.75, 3.05) is 4.90 Å². The molecule has 0 aliphatic rings. The molecular formula is C54H35NS. The van der Waals surface area contributed by atoms with Crippen LogP contribution < -0.4 is 4.90 Å². The van der Waals surface area contributed by atoms with Crippen LogP contribution in [0.4, 0.5) is 17.1 Å². The maximum absolute atomic E-state index is 2.37. The first kappa shape index (κ1) is 32.4. The van der Waals surface area contributed by atoms with E-state index in [4.69, 9.17) is 0 Å². The average molecular weight is 730 g/mol. The Bertz CT molecular complexity index is 3220. The Morgan fingerprint density at radius 1 is 0.286 bits per heavy atom. The minimum Gasteiger partial charge on any atom is -0.311 e. The van der Waals surface area contributed by atoms with Crippen molar-refractivity contribution in [2.24, 2.45) is 0 Å². The van der Waals surface area contributed by atoms with Gasteiger partial charge in [0.15, 0.2) is 0 Å². The van der Waals surface area contributed by atoms with Crippen LogP contribution in [0.1, 0.15) is 0 Å². The molecule has 10 aromatic carbocycles. The molecule has 11 rings (SSSR count). The third kappa shape index (κ3) is 5.46. The molecular weight excluding hydrogens is 695 g/mol. The molecule has 1 aromatic heterocycles. The van der Waals surface area contributed by atoms with Crippen LogP contribution in [0.15, 0.2) is 212 Å². The van der Waals surface area contributed by atoms with Crippen molar-refractivity contribution in [3.63, 3.8) is 0 Å². The standard InChI is InChI=1S/C54H35NS/c1-3-14-44-36(11-1)13-9-19-45(44)37-23-29-41(30-24-37)55(42-31-25-38(26-32-42)47-20-10-21-51-50-18-7-8-22-53(50)56-54(47)51)43-33-27-39(28-34-43)52-35-40-12-2-4-15-46(40)48-16-5-6-17-49(48)52/h1-35H. The van der Waals surface area contributed by atoms with Crippen LogP contribution >= 0.6 is 11.3 Å². The van der Waals surface area contributed by atoms with Gasteiger partial charge in [-0.25, -0.2) is 0 Å². The van der Waals surface area contributed by atoms with Gasteiger partial charge in [-0.1, -0.05) is 164 Å². The van der Waals surface area contributed by atoms with Gasteiger partial charge in [-0.3, -0.25) is 0 Å². The Hall–Kier alpha value is -7.00. The van der Waals surface area contributed by atoms with Crippen LogP contribution in [-0.4, -0.2) is 0 Å². The van der Waals surface area contributed by atoms with Gasteiger partial charge in [-0.2, -0.15) is 0 Å². The number of hydrogen-bond donors (Lipinski definition) is 0. The molecule has 1 nitrogen and oxygen atoms in total. The van der Waals surface area contributed by atoms with E-state index in [9.17, 15) is 0 Å². The normalized spacial score (nSPS) is 11.6. The zero-order valence-electron chi connectivity index (χ0n) is 30.6. The number of fused-ring (bicyclic) bond motifs is 7. The zero-order chi connectivity index (χ0) is 37.0. The Kier molecular flexibility index (Phi) is 7.75. The van der Waals surface area contributed by atoms with Crippen LogP contribution in [0.3, 0.4) is 0 Å². The zero-order valence-corrected chi connectivity index (χ0v) is 31.4. The van der Waals surface area contributed by atoms with Crippen molar-refractivity contribution < 1.29 is 0 Å². The van der Waals surface area contributed by atoms with Crippen molar-refractivity contribution in [1.82, 2.24) is 0 Å². The van der Waals surface area contributed by atoms with Gasteiger partial charge in [0, 0.05) is 37.2 Å². The number of thiophene rings is 1. The summed E-state index contributed by atoms with van der Waals surface area (Å²) in [6, 6.07) is 77.6. The van der Waals surface area contributed by atoms with E-state index in [0.29, 0.717) is 0 Å². The fraction of sp³-hybridized carbons (Fsp3) is 0. The van der Waals surface area contributed by atoms with Gasteiger partial charge >= 0.3 is 0 Å². The minimum atomic E-state index is 1.11. The smallest absolute Gasteiger partial charge is 0.0462 e. The van der Waals surface area contributed by atoms with Crippen molar-refractivity contribution >= 4 is 80.9 Å². The Morgan fingerprint density at radius 2 is 0.750 bits per heavy atom. The first-order chi connectivity index (χ1) is 27.8. The summed E-state index contributed by atoms with van der Waals surface area (Å²) in [4.78, 5) is 2.37. The van der Waals surface area contributed by atoms with Gasteiger partial charge < -0.3 is 4.90 Å². The third-order valence-electron chi connectivity index (χ3n) is 11.3. The monoisotopic (exact) mass is 729 g/mol. The van der Waals surface area contributed by atoms with Gasteiger partial charge in [0.1, 0.15) is 0 Å². The lowest BCUT2D eigenvalue weighted by atomic mass is 9.93. The minimum absolute atomic E-state index is 1.11. The number of anilines is 3. The molecule has 0 N–H and O–H groups in total. The number of nitrogens with zero attached hydrogens (tertiary/aromatic N) is 1. The molecule has 11 aromatic rings. The van der Waals surface area contributed by atoms with Gasteiger partial charge in [0.2, 0.25) is 0 Å². The molecule has 0 unspecified atom stereocenters. The number of rotatable bonds is 6. The fourth-order valence-corrected chi connectivity index (χ4v) is 9.80. The molecule has 0 saturated heterocycles. The van der Waals surface area contributed by atoms with Crippen LogP contribution in [-0.2, 0) is 0 Å². The lowest BCUT2D eigenvalue weighted by molar-refractivity contribution is 1.28. The Labute approximate surface area is 330 Å². The first-order valence-corrected chi connectivity index (χ1v) is 20.0. The van der Waals surface area contributed by atoms with E-state index in [1.807, 2.05) is 11.3 Å². The quantitative estimate of drug-likeness (QED) is 0.154. The van der Waals surface area contributed by atoms with Gasteiger partial charge in [0.25, 0.3) is 0 Å². The van der Waals surface area contributed by atoms with Crippen LogP contribution in [0.5, 0.6) is 0 Å². The lowest BCUT2D eigenvalue weighted by Crippen LogP contribution is -2.09. The highest BCUT2D eigenvalue weighted by Crippen LogP contribution is 2.43. The second-order valence-electron chi connectivity index (χ2n) is 14.5. The summed E-state index contributed by atoms with van der Waals surface area (Å²) >= 11 is 1.88. The molecule has 2 heteroatoms. The molecule has 0 bridgehead atoms. The van der Waals surface area contributed by atoms with E-state index in [1.165, 1.54) is 85.9 Å². The van der Waals surface area contributed by atoms with E-state index in [0.717, 1.165) is 17.1 Å². The highest BCUT2D eigenvalue weighted by Gasteiger charge is 2.16. The van der Waals surface area contributed by atoms with E-state index in [1.54, 1.807) is 0 Å². The molecule has 0 fully saturated rings. The van der Waals surface area contributed by atoms with E-state index < -0.39 is 0 Å². The maximum Gasteiger partial charge on any atom is 0.0462 e. The molecule has 0 radical (unpaired) electrons. The van der Waals surface area contributed by atoms with Gasteiger partial charge in [-0.05, 0) is 114 Å². The predicted molar refractivity (Wildman–Crippen MR) is 243 cm³/mol. The Morgan fingerprint density at radius 3 is 1.45 bits per heavy atom. The highest BCUT2D eigenvalue weighted by molar-refractivity contribution is 7.26. The van der Waals surface area contributed by atoms with Crippen LogP contribution in [0.25, 0.3) is 85.9 Å². The van der Waals surface area contributed by atoms with Gasteiger partial charge in [0.05, 0.1) is 0 Å². The summed E-state index contributed by atoms with van der Waals surface area (Å²) < 4.78 is 2.66. The molecule has 56 heavy (non-hydrogen) atoms. The van der Waals surface area contributed by atoms with E-state index in [-0.39, 0.29) is 0 Å². The van der Waals surface area contributed by atoms with Crippen molar-refractivity contribution in [2.45, 2.75) is 0 Å². The maximum atomic E-state index is 2.37. The molecule has 0 aliphatic heterocycles. The topological polar surface area (TPSA) is 3.24 Å².